The van der Waals surface area contributed by atoms with Crippen LogP contribution < -0.4 is 32.3 Å². The Hall–Kier alpha value is -7.58. The average Bonchev–Trinajstić information content (AvgIpc) is 3.64. The summed E-state index contributed by atoms with van der Waals surface area (Å²) in [6.45, 7) is -0.660. The zero-order valence-electron chi connectivity index (χ0n) is 35.8. The molecule has 0 bridgehead atoms. The number of fused-ring (bicyclic) bond motifs is 5. The second-order valence-corrected chi connectivity index (χ2v) is 16.1. The molecule has 0 fully saturated rings. The van der Waals surface area contributed by atoms with E-state index >= 15 is 0 Å². The smallest absolute Gasteiger partial charge is 0.407 e. The maximum absolute atomic E-state index is 14.5. The van der Waals surface area contributed by atoms with Crippen molar-refractivity contribution < 1.29 is 38.6 Å². The molecule has 0 saturated carbocycles. The molecule has 0 unspecified atom stereocenters. The highest BCUT2D eigenvalue weighted by Gasteiger charge is 2.31. The summed E-state index contributed by atoms with van der Waals surface area (Å²) in [6, 6.07) is 39.3. The maximum Gasteiger partial charge on any atom is 0.407 e. The molecule has 14 nitrogen and oxygen atoms in total. The topological polar surface area (TPSA) is 218 Å². The summed E-state index contributed by atoms with van der Waals surface area (Å²) in [6.07, 6.45) is 0.551. The highest BCUT2D eigenvalue weighted by molar-refractivity contribution is 5.94. The van der Waals surface area contributed by atoms with E-state index in [0.717, 1.165) is 54.9 Å². The third-order valence-electron chi connectivity index (χ3n) is 11.5. The molecule has 6 aromatic rings. The Balaban J connectivity index is 1.06. The number of alkyl carbamates (subject to hydrolysis) is 1. The van der Waals surface area contributed by atoms with E-state index in [4.69, 9.17) is 10.5 Å². The van der Waals surface area contributed by atoms with Crippen LogP contribution in [0.15, 0.2) is 133 Å². The number of rotatable bonds is 20. The quantitative estimate of drug-likeness (QED) is 0.0507. The second-order valence-electron chi connectivity index (χ2n) is 16.1. The lowest BCUT2D eigenvalue weighted by Crippen LogP contribution is -2.56. The molecule has 1 aliphatic rings. The first-order valence-electron chi connectivity index (χ1n) is 21.7. The fraction of sp³-hybridized carbons (Fsp3) is 0.255. The first-order chi connectivity index (χ1) is 31.6. The van der Waals surface area contributed by atoms with Gasteiger partial charge in [-0.1, -0.05) is 133 Å². The molecular weight excluding hydrogens is 825 g/mol. The van der Waals surface area contributed by atoms with Crippen molar-refractivity contribution in [2.45, 2.75) is 56.1 Å². The molecule has 8 N–H and O–H groups in total. The van der Waals surface area contributed by atoms with Gasteiger partial charge in [-0.25, -0.2) is 9.59 Å². The van der Waals surface area contributed by atoms with Crippen molar-refractivity contribution in [1.82, 2.24) is 26.6 Å². The third-order valence-corrected chi connectivity index (χ3v) is 11.5. The molecule has 14 heteroatoms. The van der Waals surface area contributed by atoms with Crippen molar-refractivity contribution >= 4 is 57.2 Å². The van der Waals surface area contributed by atoms with Gasteiger partial charge in [0, 0.05) is 18.8 Å². The molecule has 0 heterocycles. The standard InChI is InChI=1S/C51H52N6O8/c52-24-10-9-19-43(50(62)63)55-47(59)30-53-46(58)29-54-48(60)44(27-32-20-22-34-11-1-3-13-36(34)25-32)56-49(61)45(28-33-21-23-35-12-2-4-14-37(35)26-33)57-51(64)65-31-42-40-17-7-5-15-38(40)39-16-6-8-18-41(39)42/h1-8,11-18,20-23,25-26,42-45H,9-10,19,24,27-31,52H2,(H,53,58)(H,54,60)(H,55,59)(H,56,61)(H,57,64)(H,62,63)/t43-,44+,45-/m0/s1. The number of nitrogens with one attached hydrogen (secondary N) is 5. The first-order valence-corrected chi connectivity index (χ1v) is 21.7. The lowest BCUT2D eigenvalue weighted by atomic mass is 9.98. The summed E-state index contributed by atoms with van der Waals surface area (Å²) in [5.41, 5.74) is 11.2. The maximum atomic E-state index is 14.5. The minimum absolute atomic E-state index is 0.0236. The van der Waals surface area contributed by atoms with Gasteiger partial charge in [-0.15, -0.1) is 0 Å². The number of unbranched alkanes of at least 4 members (excludes halogenated alkanes) is 1. The van der Waals surface area contributed by atoms with Crippen molar-refractivity contribution in [2.24, 2.45) is 5.73 Å². The SMILES string of the molecule is NCCCC[C@H](NC(=O)CNC(=O)CNC(=O)[C@@H](Cc1ccc2ccccc2c1)NC(=O)[C@H](Cc1ccc2ccccc2c1)NC(=O)OCC1c2ccccc2-c2ccccc21)C(=O)O. The predicted octanol–water partition coefficient (Wildman–Crippen LogP) is 5.10. The number of hydrogen-bond acceptors (Lipinski definition) is 8. The molecule has 0 radical (unpaired) electrons. The number of hydrogen-bond donors (Lipinski definition) is 7. The van der Waals surface area contributed by atoms with Crippen LogP contribution in [0, 0.1) is 0 Å². The molecule has 7 rings (SSSR count). The largest absolute Gasteiger partial charge is 0.480 e. The number of carboxylic acid groups (broad SMARTS) is 1. The highest BCUT2D eigenvalue weighted by Crippen LogP contribution is 2.44. The normalized spacial score (nSPS) is 13.1. The molecular formula is C51H52N6O8. The van der Waals surface area contributed by atoms with Crippen LogP contribution in [0.4, 0.5) is 4.79 Å². The van der Waals surface area contributed by atoms with Gasteiger partial charge in [0.15, 0.2) is 0 Å². The van der Waals surface area contributed by atoms with Gasteiger partial charge < -0.3 is 42.2 Å². The molecule has 3 atom stereocenters. The number of carbonyl (C=O) groups excluding carboxylic acids is 5. The minimum atomic E-state index is -1.21. The molecule has 0 aromatic heterocycles. The van der Waals surface area contributed by atoms with Crippen LogP contribution in [0.2, 0.25) is 0 Å². The van der Waals surface area contributed by atoms with Crippen LogP contribution in [0.3, 0.4) is 0 Å². The van der Waals surface area contributed by atoms with E-state index in [2.05, 4.69) is 26.6 Å². The molecule has 0 spiro atoms. The van der Waals surface area contributed by atoms with Crippen LogP contribution in [-0.4, -0.2) is 85.2 Å². The van der Waals surface area contributed by atoms with E-state index in [1.807, 2.05) is 133 Å². The Bertz CT molecular complexity index is 2660. The summed E-state index contributed by atoms with van der Waals surface area (Å²) in [5.74, 6) is -4.20. The van der Waals surface area contributed by atoms with Gasteiger partial charge in [0.1, 0.15) is 24.7 Å². The van der Waals surface area contributed by atoms with E-state index in [1.54, 1.807) is 0 Å². The fourth-order valence-electron chi connectivity index (χ4n) is 8.20. The lowest BCUT2D eigenvalue weighted by Gasteiger charge is -2.24. The van der Waals surface area contributed by atoms with Crippen molar-refractivity contribution in [2.75, 3.05) is 26.2 Å². The fourth-order valence-corrected chi connectivity index (χ4v) is 8.20. The number of benzene rings is 6. The number of ether oxygens (including phenoxy) is 1. The van der Waals surface area contributed by atoms with Gasteiger partial charge in [-0.05, 0) is 80.7 Å². The number of aliphatic carboxylic acids is 1. The average molecular weight is 877 g/mol. The lowest BCUT2D eigenvalue weighted by molar-refractivity contribution is -0.142. The van der Waals surface area contributed by atoms with Gasteiger partial charge in [0.2, 0.25) is 23.6 Å². The van der Waals surface area contributed by atoms with E-state index in [9.17, 15) is 33.9 Å². The van der Waals surface area contributed by atoms with Gasteiger partial charge in [0.25, 0.3) is 0 Å². The zero-order valence-corrected chi connectivity index (χ0v) is 35.8. The van der Waals surface area contributed by atoms with E-state index < -0.39 is 66.9 Å². The van der Waals surface area contributed by atoms with Crippen molar-refractivity contribution in [3.63, 3.8) is 0 Å². The second kappa shape index (κ2) is 21.7. The monoisotopic (exact) mass is 876 g/mol. The van der Waals surface area contributed by atoms with E-state index in [-0.39, 0.29) is 31.8 Å². The van der Waals surface area contributed by atoms with Crippen LogP contribution in [0.25, 0.3) is 32.7 Å². The van der Waals surface area contributed by atoms with Gasteiger partial charge in [-0.2, -0.15) is 0 Å². The summed E-state index contributed by atoms with van der Waals surface area (Å²) in [7, 11) is 0. The summed E-state index contributed by atoms with van der Waals surface area (Å²) in [5, 5.41) is 26.3. The van der Waals surface area contributed by atoms with Crippen molar-refractivity contribution in [1.29, 1.82) is 0 Å². The predicted molar refractivity (Wildman–Crippen MR) is 248 cm³/mol. The minimum Gasteiger partial charge on any atom is -0.480 e. The first kappa shape index (κ1) is 45.4. The molecule has 5 amide bonds. The molecule has 1 aliphatic carbocycles. The van der Waals surface area contributed by atoms with Crippen molar-refractivity contribution in [3.8, 4) is 11.1 Å². The van der Waals surface area contributed by atoms with Gasteiger partial charge in [0.05, 0.1) is 13.1 Å². The number of nitrogens with two attached hydrogens (primary N) is 1. The molecule has 334 valence electrons. The Kier molecular flexibility index (Phi) is 15.2. The van der Waals surface area contributed by atoms with Crippen LogP contribution in [-0.2, 0) is 41.6 Å². The van der Waals surface area contributed by atoms with Crippen LogP contribution in [0.1, 0.15) is 47.4 Å². The summed E-state index contributed by atoms with van der Waals surface area (Å²) >= 11 is 0. The van der Waals surface area contributed by atoms with Crippen molar-refractivity contribution in [3.05, 3.63) is 156 Å². The van der Waals surface area contributed by atoms with Gasteiger partial charge >= 0.3 is 12.1 Å². The summed E-state index contributed by atoms with van der Waals surface area (Å²) < 4.78 is 5.86. The third kappa shape index (κ3) is 11.9. The Morgan fingerprint density at radius 3 is 1.65 bits per heavy atom. The zero-order chi connectivity index (χ0) is 45.7. The molecule has 0 aliphatic heterocycles. The highest BCUT2D eigenvalue weighted by atomic mass is 16.5. The Morgan fingerprint density at radius 2 is 1.08 bits per heavy atom. The molecule has 65 heavy (non-hydrogen) atoms. The van der Waals surface area contributed by atoms with E-state index in [1.165, 1.54) is 0 Å². The van der Waals surface area contributed by atoms with E-state index in [0.29, 0.717) is 19.4 Å². The Labute approximate surface area is 376 Å². The Morgan fingerprint density at radius 1 is 0.554 bits per heavy atom. The van der Waals surface area contributed by atoms with Crippen LogP contribution >= 0.6 is 0 Å². The number of carbonyl (C=O) groups is 6. The molecule has 6 aromatic carbocycles. The van der Waals surface area contributed by atoms with Crippen LogP contribution in [0.5, 0.6) is 0 Å². The number of carboxylic acids is 1. The molecule has 0 saturated heterocycles. The van der Waals surface area contributed by atoms with Gasteiger partial charge in [-0.3, -0.25) is 19.2 Å². The number of amides is 5. The summed E-state index contributed by atoms with van der Waals surface area (Å²) in [4.78, 5) is 79.1.